The van der Waals surface area contributed by atoms with Crippen molar-refractivity contribution in [2.75, 3.05) is 9.80 Å². The van der Waals surface area contributed by atoms with Crippen LogP contribution in [0, 0.1) is 6.92 Å². The second-order valence-corrected chi connectivity index (χ2v) is 18.2. The average molecular weight is 879 g/mol. The number of aryl methyl sites for hydroxylation is 1. The molecule has 0 aliphatic carbocycles. The largest absolute Gasteiger partial charge is 0.310 e. The maximum atomic E-state index is 2.44. The van der Waals surface area contributed by atoms with Gasteiger partial charge in [-0.3, -0.25) is 0 Å². The molecule has 69 heavy (non-hydrogen) atoms. The van der Waals surface area contributed by atoms with Crippen LogP contribution in [0.3, 0.4) is 0 Å². The van der Waals surface area contributed by atoms with Gasteiger partial charge in [0.05, 0.1) is 0 Å². The van der Waals surface area contributed by atoms with Crippen molar-refractivity contribution < 1.29 is 0 Å². The van der Waals surface area contributed by atoms with Crippen LogP contribution in [0.1, 0.15) is 5.56 Å². The molecule has 0 heterocycles. The molecule has 13 aromatic carbocycles. The van der Waals surface area contributed by atoms with Crippen LogP contribution < -0.4 is 9.80 Å². The first-order valence-corrected chi connectivity index (χ1v) is 23.8. The normalized spacial score (nSPS) is 11.6. The van der Waals surface area contributed by atoms with Gasteiger partial charge in [0.2, 0.25) is 0 Å². The zero-order valence-corrected chi connectivity index (χ0v) is 38.2. The molecule has 0 amide bonds. The summed E-state index contributed by atoms with van der Waals surface area (Å²) in [5.41, 5.74) is 12.6. The summed E-state index contributed by atoms with van der Waals surface area (Å²) in [5, 5.41) is 14.5. The fraction of sp³-hybridized carbons (Fsp3) is 0.0149. The summed E-state index contributed by atoms with van der Waals surface area (Å²) in [4.78, 5) is 4.86. The minimum absolute atomic E-state index is 1.09. The quantitative estimate of drug-likeness (QED) is 0.140. The summed E-state index contributed by atoms with van der Waals surface area (Å²) in [6, 6.07) is 96.2. The fourth-order valence-corrected chi connectivity index (χ4v) is 10.6. The predicted octanol–water partition coefficient (Wildman–Crippen LogP) is 19.2. The first-order valence-electron chi connectivity index (χ1n) is 23.8. The van der Waals surface area contributed by atoms with Gasteiger partial charge >= 0.3 is 0 Å². The minimum Gasteiger partial charge on any atom is -0.310 e. The highest BCUT2D eigenvalue weighted by Crippen LogP contribution is 2.49. The summed E-state index contributed by atoms with van der Waals surface area (Å²) in [5.74, 6) is 0. The summed E-state index contributed by atoms with van der Waals surface area (Å²) in [6.07, 6.45) is 0. The van der Waals surface area contributed by atoms with Crippen molar-refractivity contribution in [3.05, 3.63) is 266 Å². The Labute approximate surface area is 402 Å². The Bertz CT molecular complexity index is 3940. The van der Waals surface area contributed by atoms with Crippen molar-refractivity contribution in [1.29, 1.82) is 0 Å². The van der Waals surface area contributed by atoms with E-state index in [1.165, 1.54) is 92.5 Å². The van der Waals surface area contributed by atoms with E-state index in [1.807, 2.05) is 0 Å². The fourth-order valence-electron chi connectivity index (χ4n) is 10.6. The molecule has 0 aliphatic rings. The van der Waals surface area contributed by atoms with Crippen molar-refractivity contribution in [3.8, 4) is 22.3 Å². The van der Waals surface area contributed by atoms with E-state index in [2.05, 4.69) is 278 Å². The van der Waals surface area contributed by atoms with Gasteiger partial charge in [0.25, 0.3) is 0 Å². The molecule has 0 N–H and O–H groups in total. The van der Waals surface area contributed by atoms with Gasteiger partial charge in [-0.25, -0.2) is 0 Å². The minimum atomic E-state index is 1.09. The molecule has 0 aliphatic heterocycles. The van der Waals surface area contributed by atoms with E-state index in [4.69, 9.17) is 0 Å². The highest BCUT2D eigenvalue weighted by Gasteiger charge is 2.23. The van der Waals surface area contributed by atoms with E-state index >= 15 is 0 Å². The van der Waals surface area contributed by atoms with Crippen molar-refractivity contribution in [2.24, 2.45) is 0 Å². The van der Waals surface area contributed by atoms with Crippen LogP contribution in [-0.2, 0) is 0 Å². The molecular formula is C67H46N2. The zero-order valence-electron chi connectivity index (χ0n) is 38.2. The predicted molar refractivity (Wildman–Crippen MR) is 296 cm³/mol. The van der Waals surface area contributed by atoms with Crippen LogP contribution >= 0.6 is 0 Å². The average Bonchev–Trinajstić information content (AvgIpc) is 3.41. The van der Waals surface area contributed by atoms with E-state index in [0.29, 0.717) is 0 Å². The molecule has 0 saturated heterocycles. The molecule has 0 bridgehead atoms. The van der Waals surface area contributed by atoms with Crippen molar-refractivity contribution in [1.82, 2.24) is 0 Å². The Kier molecular flexibility index (Phi) is 9.77. The molecule has 2 heteroatoms. The highest BCUT2D eigenvalue weighted by molar-refractivity contribution is 6.23. The van der Waals surface area contributed by atoms with Gasteiger partial charge in [0.1, 0.15) is 0 Å². The van der Waals surface area contributed by atoms with Gasteiger partial charge < -0.3 is 9.80 Å². The SMILES string of the molecule is Cc1ccc(-c2c3ccc(N(c4ccc5ccccc5c4)c4ccc5ccccc5c4)cc3c(-c3ccccc3)c3ccc(N(c4ccc5ccccc5c4)c4ccc5ccccc5c4)cc23)cc1. The maximum Gasteiger partial charge on any atom is 0.0468 e. The lowest BCUT2D eigenvalue weighted by molar-refractivity contribution is 1.30. The van der Waals surface area contributed by atoms with E-state index < -0.39 is 0 Å². The summed E-state index contributed by atoms with van der Waals surface area (Å²) < 4.78 is 0. The molecule has 0 spiro atoms. The van der Waals surface area contributed by atoms with E-state index in [1.54, 1.807) is 0 Å². The van der Waals surface area contributed by atoms with Crippen LogP contribution in [0.5, 0.6) is 0 Å². The van der Waals surface area contributed by atoms with Crippen LogP contribution in [0.15, 0.2) is 261 Å². The Morgan fingerprint density at radius 1 is 0.217 bits per heavy atom. The smallest absolute Gasteiger partial charge is 0.0468 e. The molecule has 324 valence electrons. The third-order valence-electron chi connectivity index (χ3n) is 14.0. The second kappa shape index (κ2) is 16.7. The summed E-state index contributed by atoms with van der Waals surface area (Å²) >= 11 is 0. The van der Waals surface area contributed by atoms with Gasteiger partial charge in [-0.1, -0.05) is 194 Å². The number of rotatable bonds is 8. The highest BCUT2D eigenvalue weighted by atomic mass is 15.1. The Morgan fingerprint density at radius 2 is 0.507 bits per heavy atom. The third kappa shape index (κ3) is 7.22. The van der Waals surface area contributed by atoms with Crippen molar-refractivity contribution in [2.45, 2.75) is 6.92 Å². The van der Waals surface area contributed by atoms with Crippen LogP contribution in [-0.4, -0.2) is 0 Å². The van der Waals surface area contributed by atoms with Gasteiger partial charge in [-0.2, -0.15) is 0 Å². The standard InChI is InChI=1S/C67H46N2/c1-45-23-25-51(26-24-45)67-63-38-36-60(68(56-31-27-46-13-5-9-19-52(46)39-56)57-32-28-47-14-6-10-20-53(47)40-57)43-64(63)66(50-17-3-2-4-18-50)62-37-35-61(44-65(62)67)69(58-33-29-48-15-7-11-21-54(48)41-58)59-34-30-49-16-8-12-22-55(49)42-59/h2-44H,1H3. The molecular weight excluding hydrogens is 833 g/mol. The lowest BCUT2D eigenvalue weighted by Gasteiger charge is -2.28. The van der Waals surface area contributed by atoms with Crippen LogP contribution in [0.2, 0.25) is 0 Å². The lowest BCUT2D eigenvalue weighted by atomic mass is 9.85. The zero-order chi connectivity index (χ0) is 45.8. The topological polar surface area (TPSA) is 6.48 Å². The van der Waals surface area contributed by atoms with Crippen LogP contribution in [0.4, 0.5) is 34.1 Å². The molecule has 13 aromatic rings. The number of hydrogen-bond acceptors (Lipinski definition) is 2. The molecule has 0 fully saturated rings. The number of anilines is 6. The summed E-state index contributed by atoms with van der Waals surface area (Å²) in [7, 11) is 0. The van der Waals surface area contributed by atoms with Crippen LogP contribution in [0.25, 0.3) is 86.9 Å². The number of fused-ring (bicyclic) bond motifs is 6. The monoisotopic (exact) mass is 878 g/mol. The Hall–Kier alpha value is -8.98. The molecule has 13 rings (SSSR count). The number of benzene rings is 13. The maximum absolute atomic E-state index is 2.44. The third-order valence-corrected chi connectivity index (χ3v) is 14.0. The second-order valence-electron chi connectivity index (χ2n) is 18.2. The Morgan fingerprint density at radius 3 is 0.870 bits per heavy atom. The van der Waals surface area contributed by atoms with Crippen molar-refractivity contribution in [3.63, 3.8) is 0 Å². The molecule has 0 unspecified atom stereocenters. The van der Waals surface area contributed by atoms with E-state index in [-0.39, 0.29) is 0 Å². The van der Waals surface area contributed by atoms with Gasteiger partial charge in [-0.05, 0) is 167 Å². The van der Waals surface area contributed by atoms with E-state index in [0.717, 1.165) is 34.1 Å². The first-order chi connectivity index (χ1) is 34.1. The lowest BCUT2D eigenvalue weighted by Crippen LogP contribution is -2.10. The number of hydrogen-bond donors (Lipinski definition) is 0. The molecule has 2 nitrogen and oxygen atoms in total. The number of nitrogens with zero attached hydrogens (tertiary/aromatic N) is 2. The van der Waals surface area contributed by atoms with Crippen molar-refractivity contribution >= 4 is 98.8 Å². The van der Waals surface area contributed by atoms with E-state index in [9.17, 15) is 0 Å². The van der Waals surface area contributed by atoms with Gasteiger partial charge in [0.15, 0.2) is 0 Å². The molecule has 0 saturated carbocycles. The molecule has 0 atom stereocenters. The van der Waals surface area contributed by atoms with Gasteiger partial charge in [0, 0.05) is 34.1 Å². The van der Waals surface area contributed by atoms with Gasteiger partial charge in [-0.15, -0.1) is 0 Å². The Balaban J connectivity index is 1.10. The summed E-state index contributed by atoms with van der Waals surface area (Å²) in [6.45, 7) is 2.17. The molecule has 0 aromatic heterocycles. The molecule has 0 radical (unpaired) electrons. The first kappa shape index (κ1) is 40.3.